The number of pyridine rings is 1. The molecule has 144 valence electrons. The lowest BCUT2D eigenvalue weighted by Crippen LogP contribution is -2.54. The van der Waals surface area contributed by atoms with E-state index in [0.29, 0.717) is 0 Å². The van der Waals surface area contributed by atoms with Gasteiger partial charge in [-0.15, -0.1) is 0 Å². The molecule has 0 bridgehead atoms. The Morgan fingerprint density at radius 3 is 2.41 bits per heavy atom. The lowest BCUT2D eigenvalue weighted by molar-refractivity contribution is -0.134. The van der Waals surface area contributed by atoms with Crippen molar-refractivity contribution in [3.8, 4) is 0 Å². The van der Waals surface area contributed by atoms with E-state index in [-0.39, 0.29) is 31.0 Å². The number of amides is 1. The minimum atomic E-state index is -4.01. The van der Waals surface area contributed by atoms with Crippen LogP contribution in [-0.4, -0.2) is 42.5 Å². The number of nitrogens with one attached hydrogen (secondary N) is 1. The number of carbonyl (C=O) groups is 1. The highest BCUT2D eigenvalue weighted by Gasteiger charge is 2.52. The summed E-state index contributed by atoms with van der Waals surface area (Å²) in [6, 6.07) is 10.2. The molecule has 2 N–H and O–H groups in total. The zero-order valence-corrected chi connectivity index (χ0v) is 16.3. The molecule has 1 aromatic heterocycles. The molecule has 1 aromatic carbocycles. The zero-order chi connectivity index (χ0) is 19.5. The van der Waals surface area contributed by atoms with Crippen LogP contribution in [0.5, 0.6) is 0 Å². The number of aryl methyl sites for hydroxylation is 1. The van der Waals surface area contributed by atoms with Crippen LogP contribution in [0, 0.1) is 6.92 Å². The van der Waals surface area contributed by atoms with Crippen LogP contribution < -0.4 is 5.48 Å². The molecule has 0 saturated carbocycles. The maximum Gasteiger partial charge on any atom is 0.265 e. The highest BCUT2D eigenvalue weighted by molar-refractivity contribution is 7.99. The summed E-state index contributed by atoms with van der Waals surface area (Å²) in [5.74, 6) is -0.923. The molecule has 27 heavy (non-hydrogen) atoms. The Bertz CT molecular complexity index is 906. The van der Waals surface area contributed by atoms with E-state index in [9.17, 15) is 13.2 Å². The van der Waals surface area contributed by atoms with E-state index in [1.807, 2.05) is 19.1 Å². The van der Waals surface area contributed by atoms with Crippen LogP contribution in [0.1, 0.15) is 18.4 Å². The van der Waals surface area contributed by atoms with Crippen molar-refractivity contribution in [1.82, 2.24) is 10.5 Å². The third-order valence-electron chi connectivity index (χ3n) is 4.57. The third kappa shape index (κ3) is 3.86. The molecular weight excluding hydrogens is 388 g/mol. The van der Waals surface area contributed by atoms with Gasteiger partial charge in [0.05, 0.1) is 4.90 Å². The first-order valence-electron chi connectivity index (χ1n) is 8.36. The highest BCUT2D eigenvalue weighted by atomic mass is 32.2. The molecule has 1 amide bonds. The number of ether oxygens (including phenoxy) is 1. The molecule has 0 spiro atoms. The molecule has 1 aliphatic rings. The summed E-state index contributed by atoms with van der Waals surface area (Å²) in [6.45, 7) is 2.23. The van der Waals surface area contributed by atoms with Gasteiger partial charge in [0, 0.05) is 24.3 Å². The Balaban J connectivity index is 1.88. The van der Waals surface area contributed by atoms with Crippen LogP contribution in [-0.2, 0) is 19.4 Å². The van der Waals surface area contributed by atoms with Gasteiger partial charge < -0.3 is 4.74 Å². The highest BCUT2D eigenvalue weighted by Crippen LogP contribution is 2.36. The summed E-state index contributed by atoms with van der Waals surface area (Å²) in [6.07, 6.45) is 1.75. The van der Waals surface area contributed by atoms with Gasteiger partial charge >= 0.3 is 0 Å². The number of benzene rings is 1. The monoisotopic (exact) mass is 408 g/mol. The van der Waals surface area contributed by atoms with Crippen molar-refractivity contribution < 1.29 is 23.2 Å². The molecule has 1 saturated heterocycles. The topological polar surface area (TPSA) is 106 Å². The number of nitrogens with zero attached hydrogens (tertiary/aromatic N) is 1. The smallest absolute Gasteiger partial charge is 0.265 e. The van der Waals surface area contributed by atoms with Crippen molar-refractivity contribution in [2.45, 2.75) is 39.3 Å². The molecule has 3 rings (SSSR count). The van der Waals surface area contributed by atoms with Gasteiger partial charge in [0.2, 0.25) is 0 Å². The van der Waals surface area contributed by atoms with Crippen molar-refractivity contribution in [1.29, 1.82) is 0 Å². The van der Waals surface area contributed by atoms with E-state index in [0.717, 1.165) is 15.5 Å². The van der Waals surface area contributed by atoms with Crippen LogP contribution in [0.2, 0.25) is 0 Å². The number of aromatic nitrogens is 1. The Kier molecular flexibility index (Phi) is 5.85. The third-order valence-corrected chi connectivity index (χ3v) is 8.04. The average molecular weight is 409 g/mol. The van der Waals surface area contributed by atoms with Crippen LogP contribution in [0.25, 0.3) is 0 Å². The predicted molar refractivity (Wildman–Crippen MR) is 99.4 cm³/mol. The number of carbonyl (C=O) groups excluding carboxylic acids is 1. The molecule has 1 aliphatic heterocycles. The lowest BCUT2D eigenvalue weighted by atomic mass is 9.98. The van der Waals surface area contributed by atoms with Gasteiger partial charge in [-0.3, -0.25) is 10.0 Å². The Hall–Kier alpha value is -1.94. The van der Waals surface area contributed by atoms with Crippen molar-refractivity contribution in [3.05, 3.63) is 48.2 Å². The Morgan fingerprint density at radius 2 is 1.85 bits per heavy atom. The molecule has 7 nitrogen and oxygen atoms in total. The molecule has 0 atom stereocenters. The molecular formula is C18H20N2O5S2. The number of rotatable bonds is 5. The Labute approximate surface area is 162 Å². The van der Waals surface area contributed by atoms with E-state index in [4.69, 9.17) is 9.94 Å². The molecule has 0 radical (unpaired) electrons. The van der Waals surface area contributed by atoms with Gasteiger partial charge in [-0.25, -0.2) is 18.9 Å². The summed E-state index contributed by atoms with van der Waals surface area (Å²) in [5, 5.41) is 9.88. The van der Waals surface area contributed by atoms with Gasteiger partial charge in [-0.05, 0) is 55.7 Å². The first-order valence-corrected chi connectivity index (χ1v) is 10.7. The number of hydrogen-bond donors (Lipinski definition) is 2. The summed E-state index contributed by atoms with van der Waals surface area (Å²) >= 11 is 1.42. The van der Waals surface area contributed by atoms with Gasteiger partial charge in [0.25, 0.3) is 5.91 Å². The van der Waals surface area contributed by atoms with E-state index >= 15 is 0 Å². The second kappa shape index (κ2) is 7.97. The summed E-state index contributed by atoms with van der Waals surface area (Å²) < 4.78 is 29.8. The predicted octanol–water partition coefficient (Wildman–Crippen LogP) is 2.37. The summed E-state index contributed by atoms with van der Waals surface area (Å²) in [7, 11) is -4.01. The fourth-order valence-electron chi connectivity index (χ4n) is 2.97. The van der Waals surface area contributed by atoms with Crippen molar-refractivity contribution >= 4 is 27.5 Å². The van der Waals surface area contributed by atoms with Gasteiger partial charge in [-0.2, -0.15) is 0 Å². The fraction of sp³-hybridized carbons (Fsp3) is 0.333. The largest absolute Gasteiger partial charge is 0.381 e. The molecule has 9 heteroatoms. The molecule has 0 aliphatic carbocycles. The van der Waals surface area contributed by atoms with Crippen LogP contribution in [0.4, 0.5) is 0 Å². The molecule has 2 heterocycles. The fourth-order valence-corrected chi connectivity index (χ4v) is 5.66. The number of hydrogen-bond acceptors (Lipinski definition) is 7. The first-order chi connectivity index (χ1) is 12.9. The maximum absolute atomic E-state index is 13.2. The van der Waals surface area contributed by atoms with Gasteiger partial charge in [-0.1, -0.05) is 17.8 Å². The number of sulfone groups is 1. The SMILES string of the molecule is Cc1ccc(Sc2ccc(S(=O)(=O)C3(C(=O)NO)CCOCC3)cc2)nc1. The van der Waals surface area contributed by atoms with Crippen molar-refractivity contribution in [2.75, 3.05) is 13.2 Å². The quantitative estimate of drug-likeness (QED) is 0.578. The molecule has 2 aromatic rings. The minimum Gasteiger partial charge on any atom is -0.381 e. The van der Waals surface area contributed by atoms with Crippen LogP contribution >= 0.6 is 11.8 Å². The molecule has 1 fully saturated rings. The second-order valence-corrected chi connectivity index (χ2v) is 9.65. The first kappa shape index (κ1) is 19.8. The maximum atomic E-state index is 13.2. The normalized spacial score (nSPS) is 16.7. The minimum absolute atomic E-state index is 0.00842. The second-order valence-electron chi connectivity index (χ2n) is 6.30. The van der Waals surface area contributed by atoms with Gasteiger partial charge in [0.15, 0.2) is 14.6 Å². The summed E-state index contributed by atoms with van der Waals surface area (Å²) in [4.78, 5) is 17.4. The number of hydroxylamine groups is 1. The van der Waals surface area contributed by atoms with E-state index in [2.05, 4.69) is 4.98 Å². The lowest BCUT2D eigenvalue weighted by Gasteiger charge is -2.34. The Morgan fingerprint density at radius 1 is 1.19 bits per heavy atom. The summed E-state index contributed by atoms with van der Waals surface area (Å²) in [5.41, 5.74) is 2.57. The standard InChI is InChI=1S/C18H20N2O5S2/c1-13-2-7-16(19-12-13)26-14-3-5-15(6-4-14)27(23,24)18(17(21)20-22)8-10-25-11-9-18/h2-7,12,22H,8-11H2,1H3,(H,20,21). The van der Waals surface area contributed by atoms with E-state index in [1.165, 1.54) is 29.4 Å². The zero-order valence-electron chi connectivity index (χ0n) is 14.7. The molecule has 0 unspecified atom stereocenters. The van der Waals surface area contributed by atoms with Crippen molar-refractivity contribution in [2.24, 2.45) is 0 Å². The van der Waals surface area contributed by atoms with Crippen LogP contribution in [0.15, 0.2) is 57.4 Å². The van der Waals surface area contributed by atoms with E-state index in [1.54, 1.807) is 18.3 Å². The van der Waals surface area contributed by atoms with Crippen molar-refractivity contribution in [3.63, 3.8) is 0 Å². The van der Waals surface area contributed by atoms with E-state index < -0.39 is 20.5 Å². The van der Waals surface area contributed by atoms with Gasteiger partial charge in [0.1, 0.15) is 5.03 Å². The average Bonchev–Trinajstić information content (AvgIpc) is 2.70. The van der Waals surface area contributed by atoms with Crippen LogP contribution in [0.3, 0.4) is 0 Å².